The van der Waals surface area contributed by atoms with E-state index in [9.17, 15) is 9.59 Å². The molecular formula is C16H14IN3O3. The van der Waals surface area contributed by atoms with Crippen LogP contribution in [0.25, 0.3) is 0 Å². The van der Waals surface area contributed by atoms with Crippen LogP contribution in [0.4, 0.5) is 0 Å². The lowest BCUT2D eigenvalue weighted by molar-refractivity contribution is -0.671. The van der Waals surface area contributed by atoms with Crippen LogP contribution in [0.15, 0.2) is 53.9 Å². The molecule has 118 valence electrons. The number of imide groups is 1. The van der Waals surface area contributed by atoms with Crippen LogP contribution in [0.3, 0.4) is 0 Å². The summed E-state index contributed by atoms with van der Waals surface area (Å²) >= 11 is 0. The maximum absolute atomic E-state index is 12.1. The van der Waals surface area contributed by atoms with Gasteiger partial charge in [-0.3, -0.25) is 9.59 Å². The first-order chi connectivity index (χ1) is 10.7. The van der Waals surface area contributed by atoms with E-state index < -0.39 is 0 Å². The van der Waals surface area contributed by atoms with Crippen molar-refractivity contribution < 1.29 is 43.0 Å². The summed E-state index contributed by atoms with van der Waals surface area (Å²) in [6, 6.07) is 10.4. The number of nitrogens with zero attached hydrogens (tertiary/aromatic N) is 3. The molecule has 0 atom stereocenters. The number of hydrogen-bond acceptors (Lipinski definition) is 4. The molecule has 2 aromatic rings. The van der Waals surface area contributed by atoms with Crippen LogP contribution in [0.1, 0.15) is 26.3 Å². The van der Waals surface area contributed by atoms with Crippen LogP contribution in [-0.4, -0.2) is 29.7 Å². The second kappa shape index (κ2) is 7.32. The molecule has 0 fully saturated rings. The molecule has 1 aliphatic rings. The van der Waals surface area contributed by atoms with Crippen molar-refractivity contribution in [3.63, 3.8) is 0 Å². The highest BCUT2D eigenvalue weighted by atomic mass is 127. The van der Waals surface area contributed by atoms with E-state index in [0.29, 0.717) is 11.1 Å². The highest BCUT2D eigenvalue weighted by Crippen LogP contribution is 2.21. The average molecular weight is 423 g/mol. The molecule has 0 radical (unpaired) electrons. The molecule has 2 heterocycles. The van der Waals surface area contributed by atoms with E-state index in [1.807, 2.05) is 36.1 Å². The largest absolute Gasteiger partial charge is 1.00 e. The number of amides is 2. The number of pyridine rings is 1. The summed E-state index contributed by atoms with van der Waals surface area (Å²) in [5, 5.41) is 3.79. The van der Waals surface area contributed by atoms with Crippen molar-refractivity contribution in [1.29, 1.82) is 0 Å². The number of rotatable bonds is 4. The number of hydrogen-bond donors (Lipinski definition) is 0. The maximum Gasteiger partial charge on any atom is 0.264 e. The zero-order valence-electron chi connectivity index (χ0n) is 12.3. The van der Waals surface area contributed by atoms with Gasteiger partial charge in [-0.15, -0.1) is 0 Å². The van der Waals surface area contributed by atoms with E-state index in [2.05, 4.69) is 5.16 Å². The minimum absolute atomic E-state index is 0. The molecule has 0 N–H and O–H groups in total. The fraction of sp³-hybridized carbons (Fsp3) is 0.125. The molecule has 1 aromatic carbocycles. The van der Waals surface area contributed by atoms with Gasteiger partial charge in [0.15, 0.2) is 19.1 Å². The number of carbonyl (C=O) groups excluding carboxylic acids is 2. The number of benzene rings is 1. The predicted octanol–water partition coefficient (Wildman–Crippen LogP) is -1.88. The van der Waals surface area contributed by atoms with E-state index in [-0.39, 0.29) is 42.5 Å². The van der Waals surface area contributed by atoms with Gasteiger partial charge in [-0.2, -0.15) is 0 Å². The molecule has 1 aliphatic heterocycles. The third-order valence-electron chi connectivity index (χ3n) is 3.35. The van der Waals surface area contributed by atoms with Crippen LogP contribution in [-0.2, 0) is 11.9 Å². The molecule has 0 saturated carbocycles. The molecule has 23 heavy (non-hydrogen) atoms. The molecular weight excluding hydrogens is 409 g/mol. The normalized spacial score (nSPS) is 13.2. The van der Waals surface area contributed by atoms with Crippen LogP contribution in [0.2, 0.25) is 0 Å². The molecule has 3 rings (SSSR count). The fourth-order valence-electron chi connectivity index (χ4n) is 2.14. The quantitative estimate of drug-likeness (QED) is 0.190. The average Bonchev–Trinajstić information content (AvgIpc) is 2.78. The van der Waals surface area contributed by atoms with Gasteiger partial charge in [-0.1, -0.05) is 17.3 Å². The second-order valence-corrected chi connectivity index (χ2v) is 4.87. The Labute approximate surface area is 150 Å². The second-order valence-electron chi connectivity index (χ2n) is 4.87. The summed E-state index contributed by atoms with van der Waals surface area (Å²) in [4.78, 5) is 30.3. The Kier molecular flexibility index (Phi) is 5.43. The number of halogens is 1. The number of aromatic nitrogens is 1. The maximum atomic E-state index is 12.1. The number of fused-ring (bicyclic) bond motifs is 1. The molecule has 1 aromatic heterocycles. The molecule has 2 amide bonds. The van der Waals surface area contributed by atoms with Gasteiger partial charge in [-0.05, 0) is 12.1 Å². The number of carbonyl (C=O) groups is 2. The highest BCUT2D eigenvalue weighted by Gasteiger charge is 2.35. The lowest BCUT2D eigenvalue weighted by Crippen LogP contribution is -3.00. The Bertz CT molecular complexity index is 724. The molecule has 7 heteroatoms. The van der Waals surface area contributed by atoms with Crippen molar-refractivity contribution in [3.05, 3.63) is 65.5 Å². The van der Waals surface area contributed by atoms with Crippen LogP contribution in [0, 0.1) is 0 Å². The standard InChI is InChI=1S/C16H14N3O3.HI/c1-18-8-6-12(7-9-18)10-17-22-11-19-15(20)13-4-2-3-5-14(13)16(19)21;/h2-10H,11H2,1H3;1H/q+1;/p-1. The van der Waals surface area contributed by atoms with Gasteiger partial charge in [0, 0.05) is 17.7 Å². The summed E-state index contributed by atoms with van der Waals surface area (Å²) in [6.45, 7) is -0.205. The van der Waals surface area contributed by atoms with Gasteiger partial charge in [0.05, 0.1) is 17.3 Å². The van der Waals surface area contributed by atoms with Crippen LogP contribution < -0.4 is 28.5 Å². The van der Waals surface area contributed by atoms with Crippen LogP contribution >= 0.6 is 0 Å². The summed E-state index contributed by atoms with van der Waals surface area (Å²) in [6.07, 6.45) is 5.29. The Balaban J connectivity index is 0.00000192. The van der Waals surface area contributed by atoms with E-state index in [0.717, 1.165) is 10.5 Å². The van der Waals surface area contributed by atoms with Crippen LogP contribution in [0.5, 0.6) is 0 Å². The topological polar surface area (TPSA) is 62.9 Å². The Hall–Kier alpha value is -2.29. The fourth-order valence-corrected chi connectivity index (χ4v) is 2.14. The van der Waals surface area contributed by atoms with Crippen molar-refractivity contribution in [1.82, 2.24) is 4.90 Å². The Morgan fingerprint density at radius 3 is 2.22 bits per heavy atom. The molecule has 0 saturated heterocycles. The van der Waals surface area contributed by atoms with Gasteiger partial charge >= 0.3 is 0 Å². The lowest BCUT2D eigenvalue weighted by atomic mass is 10.1. The first kappa shape index (κ1) is 17.1. The zero-order valence-corrected chi connectivity index (χ0v) is 14.5. The van der Waals surface area contributed by atoms with Gasteiger partial charge in [0.1, 0.15) is 7.05 Å². The third-order valence-corrected chi connectivity index (χ3v) is 3.35. The van der Waals surface area contributed by atoms with Crippen molar-refractivity contribution in [2.75, 3.05) is 6.73 Å². The van der Waals surface area contributed by atoms with E-state index >= 15 is 0 Å². The van der Waals surface area contributed by atoms with Crippen molar-refractivity contribution in [2.24, 2.45) is 12.2 Å². The van der Waals surface area contributed by atoms with Crippen molar-refractivity contribution in [3.8, 4) is 0 Å². The minimum atomic E-state index is -0.359. The number of oxime groups is 1. The van der Waals surface area contributed by atoms with E-state index in [4.69, 9.17) is 4.84 Å². The monoisotopic (exact) mass is 423 g/mol. The minimum Gasteiger partial charge on any atom is -1.00 e. The van der Waals surface area contributed by atoms with Gasteiger partial charge in [-0.25, -0.2) is 9.47 Å². The number of aryl methyl sites for hydroxylation is 1. The zero-order chi connectivity index (χ0) is 15.5. The molecule has 0 spiro atoms. The first-order valence-corrected chi connectivity index (χ1v) is 6.72. The third kappa shape index (κ3) is 3.55. The summed E-state index contributed by atoms with van der Waals surface area (Å²) in [5.74, 6) is -0.718. The van der Waals surface area contributed by atoms with Gasteiger partial charge < -0.3 is 28.8 Å². The molecule has 0 unspecified atom stereocenters. The smallest absolute Gasteiger partial charge is 0.264 e. The van der Waals surface area contributed by atoms with Crippen molar-refractivity contribution >= 4 is 18.0 Å². The van der Waals surface area contributed by atoms with Crippen molar-refractivity contribution in [2.45, 2.75) is 0 Å². The molecule has 0 aliphatic carbocycles. The van der Waals surface area contributed by atoms with E-state index in [1.54, 1.807) is 24.3 Å². The predicted molar refractivity (Wildman–Crippen MR) is 78.1 cm³/mol. The van der Waals surface area contributed by atoms with Gasteiger partial charge in [0.2, 0.25) is 0 Å². The first-order valence-electron chi connectivity index (χ1n) is 6.72. The summed E-state index contributed by atoms with van der Waals surface area (Å²) in [7, 11) is 1.92. The SMILES string of the molecule is C[n+]1ccc(C=NOCN2C(=O)c3ccccc3C2=O)cc1.[I-]. The Morgan fingerprint density at radius 2 is 1.65 bits per heavy atom. The molecule has 0 bridgehead atoms. The Morgan fingerprint density at radius 1 is 1.09 bits per heavy atom. The molecule has 6 nitrogen and oxygen atoms in total. The van der Waals surface area contributed by atoms with Gasteiger partial charge in [0.25, 0.3) is 11.8 Å². The summed E-state index contributed by atoms with van der Waals surface area (Å²) in [5.41, 5.74) is 1.66. The lowest BCUT2D eigenvalue weighted by Gasteiger charge is -2.11. The van der Waals surface area contributed by atoms with E-state index in [1.165, 1.54) is 6.21 Å². The highest BCUT2D eigenvalue weighted by molar-refractivity contribution is 6.21. The summed E-state index contributed by atoms with van der Waals surface area (Å²) < 4.78 is 1.90.